The molecule has 4 rings (SSSR count). The van der Waals surface area contributed by atoms with Gasteiger partial charge in [-0.15, -0.1) is 11.3 Å². The van der Waals surface area contributed by atoms with Gasteiger partial charge in [0.15, 0.2) is 11.5 Å². The van der Waals surface area contributed by atoms with E-state index in [1.54, 1.807) is 31.4 Å². The van der Waals surface area contributed by atoms with E-state index < -0.39 is 11.5 Å². The predicted octanol–water partition coefficient (Wildman–Crippen LogP) is 3.51. The van der Waals surface area contributed by atoms with Crippen molar-refractivity contribution in [3.05, 3.63) is 92.6 Å². The average Bonchev–Trinajstić information content (AvgIpc) is 3.34. The van der Waals surface area contributed by atoms with Crippen LogP contribution in [0.1, 0.15) is 39.3 Å². The second-order valence-corrected chi connectivity index (χ2v) is 9.05. The van der Waals surface area contributed by atoms with E-state index in [1.807, 2.05) is 26.1 Å². The zero-order chi connectivity index (χ0) is 25.1. The number of amides is 1. The van der Waals surface area contributed by atoms with Gasteiger partial charge in [0.05, 0.1) is 0 Å². The van der Waals surface area contributed by atoms with Crippen molar-refractivity contribution < 1.29 is 9.18 Å². The van der Waals surface area contributed by atoms with Crippen molar-refractivity contribution >= 4 is 23.1 Å². The number of pyridine rings is 1. The van der Waals surface area contributed by atoms with E-state index in [9.17, 15) is 14.0 Å². The second kappa shape index (κ2) is 10.2. The molecule has 0 aliphatic rings. The minimum absolute atomic E-state index is 0.000385. The monoisotopic (exact) mass is 492 g/mol. The summed E-state index contributed by atoms with van der Waals surface area (Å²) in [5.41, 5.74) is 7.85. The van der Waals surface area contributed by atoms with Gasteiger partial charge in [-0.25, -0.2) is 9.37 Å². The van der Waals surface area contributed by atoms with Crippen LogP contribution in [0.3, 0.4) is 0 Å². The van der Waals surface area contributed by atoms with Crippen molar-refractivity contribution in [2.75, 3.05) is 19.4 Å². The lowest BCUT2D eigenvalue weighted by molar-refractivity contribution is 0.0992. The first-order valence-electron chi connectivity index (χ1n) is 10.9. The maximum absolute atomic E-state index is 14.0. The number of thiophene rings is 1. The number of carbonyl (C=O) groups excluding carboxylic acids is 1. The average molecular weight is 493 g/mol. The Kier molecular flexibility index (Phi) is 7.04. The van der Waals surface area contributed by atoms with E-state index in [2.05, 4.69) is 20.7 Å². The van der Waals surface area contributed by atoms with Gasteiger partial charge in [-0.05, 0) is 60.1 Å². The van der Waals surface area contributed by atoms with E-state index in [0.29, 0.717) is 23.6 Å². The summed E-state index contributed by atoms with van der Waals surface area (Å²) in [6, 6.07) is 13.3. The lowest BCUT2D eigenvalue weighted by Crippen LogP contribution is -2.29. The molecule has 0 unspecified atom stereocenters. The molecule has 3 aromatic heterocycles. The molecule has 180 valence electrons. The van der Waals surface area contributed by atoms with Crippen LogP contribution in [0.4, 0.5) is 10.2 Å². The van der Waals surface area contributed by atoms with E-state index in [-0.39, 0.29) is 17.4 Å². The topological polar surface area (TPSA) is 115 Å². The van der Waals surface area contributed by atoms with Gasteiger partial charge in [-0.3, -0.25) is 9.59 Å². The minimum atomic E-state index is -0.742. The number of benzene rings is 1. The van der Waals surface area contributed by atoms with Gasteiger partial charge in [-0.1, -0.05) is 13.0 Å². The molecule has 1 atom stereocenters. The predicted molar refractivity (Wildman–Crippen MR) is 136 cm³/mol. The molecule has 0 bridgehead atoms. The SMILES string of the molecule is CNCc1ccc(F)cc1-c1ccc([C@H](C)c2cc(=O)n(-c3cccnc3NC)nc2C(N)=O)s1. The highest BCUT2D eigenvalue weighted by atomic mass is 32.1. The molecule has 35 heavy (non-hydrogen) atoms. The summed E-state index contributed by atoms with van der Waals surface area (Å²) in [7, 11) is 3.51. The molecule has 0 saturated heterocycles. The molecule has 10 heteroatoms. The summed E-state index contributed by atoms with van der Waals surface area (Å²) in [5, 5.41) is 10.3. The third kappa shape index (κ3) is 4.84. The summed E-state index contributed by atoms with van der Waals surface area (Å²) >= 11 is 1.47. The Labute approximate surface area is 205 Å². The van der Waals surface area contributed by atoms with Gasteiger partial charge in [0.2, 0.25) is 0 Å². The highest BCUT2D eigenvalue weighted by molar-refractivity contribution is 7.15. The molecule has 0 saturated carbocycles. The third-order valence-electron chi connectivity index (χ3n) is 5.67. The number of nitrogens with two attached hydrogens (primary N) is 1. The molecule has 0 spiro atoms. The van der Waals surface area contributed by atoms with Gasteiger partial charge in [-0.2, -0.15) is 9.78 Å². The molecule has 4 N–H and O–H groups in total. The van der Waals surface area contributed by atoms with Crippen molar-refractivity contribution in [1.82, 2.24) is 20.1 Å². The van der Waals surface area contributed by atoms with Crippen LogP contribution in [-0.4, -0.2) is 34.8 Å². The summed E-state index contributed by atoms with van der Waals surface area (Å²) in [4.78, 5) is 31.4. The number of primary amides is 1. The van der Waals surface area contributed by atoms with Crippen LogP contribution in [-0.2, 0) is 6.54 Å². The van der Waals surface area contributed by atoms with Crippen LogP contribution in [0.15, 0.2) is 59.5 Å². The lowest BCUT2D eigenvalue weighted by Gasteiger charge is -2.16. The molecule has 3 heterocycles. The number of nitrogens with zero attached hydrogens (tertiary/aromatic N) is 3. The molecule has 8 nitrogen and oxygen atoms in total. The van der Waals surface area contributed by atoms with Crippen LogP contribution in [0.5, 0.6) is 0 Å². The van der Waals surface area contributed by atoms with E-state index in [1.165, 1.54) is 29.5 Å². The number of carbonyl (C=O) groups is 1. The number of hydrogen-bond donors (Lipinski definition) is 3. The molecular formula is C25H25FN6O2S. The second-order valence-electron chi connectivity index (χ2n) is 7.94. The number of rotatable bonds is 8. The maximum Gasteiger partial charge on any atom is 0.271 e. The van der Waals surface area contributed by atoms with Crippen LogP contribution in [0.2, 0.25) is 0 Å². The highest BCUT2D eigenvalue weighted by Crippen LogP contribution is 2.37. The van der Waals surface area contributed by atoms with Gasteiger partial charge >= 0.3 is 0 Å². The van der Waals surface area contributed by atoms with Crippen molar-refractivity contribution in [2.24, 2.45) is 5.73 Å². The Hall–Kier alpha value is -3.89. The van der Waals surface area contributed by atoms with Crippen LogP contribution in [0.25, 0.3) is 16.1 Å². The van der Waals surface area contributed by atoms with E-state index in [0.717, 1.165) is 25.6 Å². The summed E-state index contributed by atoms with van der Waals surface area (Å²) in [5.74, 6) is -0.963. The Balaban J connectivity index is 1.77. The number of aromatic nitrogens is 3. The van der Waals surface area contributed by atoms with Gasteiger partial charge in [0, 0.05) is 41.5 Å². The van der Waals surface area contributed by atoms with Gasteiger partial charge < -0.3 is 16.4 Å². The summed E-state index contributed by atoms with van der Waals surface area (Å²) in [6.07, 6.45) is 1.58. The normalized spacial score (nSPS) is 11.9. The smallest absolute Gasteiger partial charge is 0.271 e. The first kappa shape index (κ1) is 24.2. The Morgan fingerprint density at radius 1 is 1.20 bits per heavy atom. The fraction of sp³-hybridized carbons (Fsp3) is 0.200. The largest absolute Gasteiger partial charge is 0.371 e. The first-order chi connectivity index (χ1) is 16.8. The van der Waals surface area contributed by atoms with Crippen LogP contribution in [0, 0.1) is 5.82 Å². The van der Waals surface area contributed by atoms with Crippen LogP contribution >= 0.6 is 11.3 Å². The number of anilines is 1. The standard InChI is InChI=1S/C25H25FN6O2S/c1-14(20-8-9-21(35-20)18-11-16(26)7-6-15(18)13-28-2)17-12-22(33)32(31-23(17)24(27)34)19-5-4-10-30-25(19)29-3/h4-12,14,28H,13H2,1-3H3,(H2,27,34)(H,29,30)/t14-/m1/s1. The Bertz CT molecular complexity index is 1450. The number of hydrogen-bond acceptors (Lipinski definition) is 7. The zero-order valence-electron chi connectivity index (χ0n) is 19.5. The summed E-state index contributed by atoms with van der Waals surface area (Å²) in [6.45, 7) is 2.47. The number of halogens is 1. The van der Waals surface area contributed by atoms with Gasteiger partial charge in [0.1, 0.15) is 11.5 Å². The molecule has 0 aliphatic carbocycles. The zero-order valence-corrected chi connectivity index (χ0v) is 20.3. The summed E-state index contributed by atoms with van der Waals surface area (Å²) < 4.78 is 15.1. The first-order valence-corrected chi connectivity index (χ1v) is 11.8. The van der Waals surface area contributed by atoms with Gasteiger partial charge in [0.25, 0.3) is 11.5 Å². The molecule has 0 aliphatic heterocycles. The van der Waals surface area contributed by atoms with Crippen molar-refractivity contribution in [2.45, 2.75) is 19.4 Å². The highest BCUT2D eigenvalue weighted by Gasteiger charge is 2.23. The molecule has 1 amide bonds. The fourth-order valence-electron chi connectivity index (χ4n) is 3.93. The molecular weight excluding hydrogens is 467 g/mol. The van der Waals surface area contributed by atoms with Crippen molar-refractivity contribution in [3.8, 4) is 16.1 Å². The lowest BCUT2D eigenvalue weighted by atomic mass is 9.98. The molecule has 0 fully saturated rings. The fourth-order valence-corrected chi connectivity index (χ4v) is 5.06. The molecule has 0 radical (unpaired) electrons. The maximum atomic E-state index is 14.0. The quantitative estimate of drug-likeness (QED) is 0.347. The number of nitrogens with one attached hydrogen (secondary N) is 2. The minimum Gasteiger partial charge on any atom is -0.371 e. The molecule has 1 aromatic carbocycles. The Morgan fingerprint density at radius 2 is 2.00 bits per heavy atom. The van der Waals surface area contributed by atoms with Crippen molar-refractivity contribution in [3.63, 3.8) is 0 Å². The molecule has 4 aromatic rings. The van der Waals surface area contributed by atoms with Crippen LogP contribution < -0.4 is 21.9 Å². The van der Waals surface area contributed by atoms with E-state index >= 15 is 0 Å². The Morgan fingerprint density at radius 3 is 2.71 bits per heavy atom. The third-order valence-corrected chi connectivity index (χ3v) is 6.97. The van der Waals surface area contributed by atoms with Crippen molar-refractivity contribution in [1.29, 1.82) is 0 Å². The van der Waals surface area contributed by atoms with E-state index in [4.69, 9.17) is 5.73 Å².